The van der Waals surface area contributed by atoms with Gasteiger partial charge in [0.25, 0.3) is 5.56 Å². The zero-order valence-corrected chi connectivity index (χ0v) is 11.2. The summed E-state index contributed by atoms with van der Waals surface area (Å²) < 4.78 is 5.91. The third-order valence-corrected chi connectivity index (χ3v) is 3.35. The summed E-state index contributed by atoms with van der Waals surface area (Å²) in [6.07, 6.45) is 6.84. The lowest BCUT2D eigenvalue weighted by Gasteiger charge is -2.13. The molecule has 1 fully saturated rings. The predicted molar refractivity (Wildman–Crippen MR) is 77.6 cm³/mol. The molecule has 0 aliphatic heterocycles. The van der Waals surface area contributed by atoms with E-state index in [1.807, 2.05) is 24.3 Å². The van der Waals surface area contributed by atoms with Gasteiger partial charge in [0.2, 0.25) is 0 Å². The molecule has 0 unspecified atom stereocenters. The molecule has 1 saturated carbocycles. The van der Waals surface area contributed by atoms with Crippen LogP contribution in [-0.2, 0) is 0 Å². The van der Waals surface area contributed by atoms with Crippen molar-refractivity contribution in [2.24, 2.45) is 5.73 Å². The number of hydrogen-bond acceptors (Lipinski definition) is 3. The Morgan fingerprint density at radius 3 is 2.68 bits per heavy atom. The van der Waals surface area contributed by atoms with Crippen LogP contribution >= 0.6 is 0 Å². The van der Waals surface area contributed by atoms with Gasteiger partial charge in [-0.05, 0) is 62.4 Å². The van der Waals surface area contributed by atoms with E-state index in [9.17, 15) is 4.79 Å². The van der Waals surface area contributed by atoms with Gasteiger partial charge in [0.15, 0.2) is 0 Å². The maximum atomic E-state index is 11.5. The van der Waals surface area contributed by atoms with Crippen molar-refractivity contribution in [3.8, 4) is 5.75 Å². The number of aromatic amines is 1. The number of pyridine rings is 1. The van der Waals surface area contributed by atoms with Gasteiger partial charge in [-0.15, -0.1) is 0 Å². The second-order valence-electron chi connectivity index (χ2n) is 4.58. The fourth-order valence-corrected chi connectivity index (χ4v) is 2.44. The lowest BCUT2D eigenvalue weighted by Crippen LogP contribution is -2.11. The predicted octanol–water partition coefficient (Wildman–Crippen LogP) is 2.42. The maximum absolute atomic E-state index is 11.5. The first kappa shape index (κ1) is 13.6. The van der Waals surface area contributed by atoms with Crippen LogP contribution in [-0.4, -0.2) is 18.1 Å². The highest BCUT2D eigenvalue weighted by Crippen LogP contribution is 2.25. The van der Waals surface area contributed by atoms with E-state index < -0.39 is 0 Å². The Balaban J connectivity index is 0.000000637. The number of nitrogens with one attached hydrogen (secondary N) is 1. The van der Waals surface area contributed by atoms with Crippen LogP contribution in [0.2, 0.25) is 0 Å². The molecule has 0 radical (unpaired) electrons. The van der Waals surface area contributed by atoms with Gasteiger partial charge >= 0.3 is 0 Å². The van der Waals surface area contributed by atoms with Crippen LogP contribution in [0.25, 0.3) is 10.8 Å². The fourth-order valence-electron chi connectivity index (χ4n) is 2.44. The zero-order valence-electron chi connectivity index (χ0n) is 11.2. The average molecular weight is 260 g/mol. The van der Waals surface area contributed by atoms with Crippen molar-refractivity contribution in [3.05, 3.63) is 40.8 Å². The summed E-state index contributed by atoms with van der Waals surface area (Å²) in [5, 5.41) is 1.65. The topological polar surface area (TPSA) is 68.1 Å². The number of aromatic nitrogens is 1. The first-order chi connectivity index (χ1) is 9.33. The van der Waals surface area contributed by atoms with Crippen LogP contribution in [0, 0.1) is 0 Å². The molecule has 3 rings (SSSR count). The van der Waals surface area contributed by atoms with Crippen LogP contribution in [0.15, 0.2) is 35.3 Å². The van der Waals surface area contributed by atoms with Crippen LogP contribution in [0.4, 0.5) is 0 Å². The molecule has 4 heteroatoms. The van der Waals surface area contributed by atoms with Crippen molar-refractivity contribution >= 4 is 10.8 Å². The van der Waals surface area contributed by atoms with Gasteiger partial charge in [-0.3, -0.25) is 4.79 Å². The quantitative estimate of drug-likeness (QED) is 0.871. The van der Waals surface area contributed by atoms with Crippen molar-refractivity contribution in [1.29, 1.82) is 0 Å². The minimum absolute atomic E-state index is 0.0464. The van der Waals surface area contributed by atoms with Crippen molar-refractivity contribution in [2.45, 2.75) is 31.8 Å². The number of hydrogen-bond donors (Lipinski definition) is 2. The normalized spacial score (nSPS) is 15.1. The highest BCUT2D eigenvalue weighted by Gasteiger charge is 2.16. The van der Waals surface area contributed by atoms with Gasteiger partial charge in [0, 0.05) is 11.6 Å². The molecular weight excluding hydrogens is 240 g/mol. The van der Waals surface area contributed by atoms with E-state index in [-0.39, 0.29) is 5.56 Å². The van der Waals surface area contributed by atoms with Crippen LogP contribution in [0.3, 0.4) is 0 Å². The molecule has 0 saturated heterocycles. The Hall–Kier alpha value is -1.81. The molecule has 1 aromatic carbocycles. The van der Waals surface area contributed by atoms with Crippen LogP contribution < -0.4 is 16.0 Å². The molecule has 1 aromatic heterocycles. The number of nitrogens with two attached hydrogens (primary N) is 1. The summed E-state index contributed by atoms with van der Waals surface area (Å²) in [7, 11) is 1.50. The molecule has 1 heterocycles. The number of ether oxygens (including phenoxy) is 1. The number of H-pyrrole nitrogens is 1. The Kier molecular flexibility index (Phi) is 4.58. The molecule has 0 bridgehead atoms. The molecule has 102 valence electrons. The Morgan fingerprint density at radius 2 is 1.95 bits per heavy atom. The molecule has 0 amide bonds. The fraction of sp³-hybridized carbons (Fsp3) is 0.400. The van der Waals surface area contributed by atoms with Crippen LogP contribution in [0.5, 0.6) is 5.75 Å². The molecule has 2 aromatic rings. The van der Waals surface area contributed by atoms with E-state index in [0.717, 1.165) is 24.0 Å². The Labute approximate surface area is 112 Å². The largest absolute Gasteiger partial charge is 0.490 e. The van der Waals surface area contributed by atoms with Gasteiger partial charge < -0.3 is 15.5 Å². The standard InChI is InChI=1S/C14H15NO2.CH5N/c16-14-13-6-5-12(9-10(13)7-8-15-14)17-11-3-1-2-4-11;1-2/h5-9,11H,1-4H2,(H,15,16);2H2,1H3. The Bertz CT molecular complexity index is 586. The first-order valence-corrected chi connectivity index (χ1v) is 6.69. The summed E-state index contributed by atoms with van der Waals surface area (Å²) in [4.78, 5) is 14.2. The van der Waals surface area contributed by atoms with E-state index in [1.54, 1.807) is 6.20 Å². The van der Waals surface area contributed by atoms with E-state index >= 15 is 0 Å². The summed E-state index contributed by atoms with van der Waals surface area (Å²) in [6.45, 7) is 0. The number of rotatable bonds is 2. The lowest BCUT2D eigenvalue weighted by atomic mass is 10.1. The third-order valence-electron chi connectivity index (χ3n) is 3.35. The van der Waals surface area contributed by atoms with Gasteiger partial charge in [0.05, 0.1) is 6.10 Å². The zero-order chi connectivity index (χ0) is 13.7. The third kappa shape index (κ3) is 3.15. The Morgan fingerprint density at radius 1 is 1.21 bits per heavy atom. The summed E-state index contributed by atoms with van der Waals surface area (Å²) >= 11 is 0. The van der Waals surface area contributed by atoms with Crippen molar-refractivity contribution < 1.29 is 4.74 Å². The van der Waals surface area contributed by atoms with Crippen molar-refractivity contribution in [1.82, 2.24) is 4.98 Å². The molecule has 19 heavy (non-hydrogen) atoms. The van der Waals surface area contributed by atoms with Gasteiger partial charge in [0.1, 0.15) is 5.75 Å². The van der Waals surface area contributed by atoms with Crippen LogP contribution in [0.1, 0.15) is 25.7 Å². The SMILES string of the molecule is CN.O=c1[nH]ccc2cc(OC3CCCC3)ccc12. The van der Waals surface area contributed by atoms with Gasteiger partial charge in [-0.2, -0.15) is 0 Å². The molecular formula is C15H20N2O2. The van der Waals surface area contributed by atoms with Gasteiger partial charge in [-0.1, -0.05) is 0 Å². The van der Waals surface area contributed by atoms with E-state index in [1.165, 1.54) is 19.9 Å². The average Bonchev–Trinajstić information content (AvgIpc) is 2.94. The first-order valence-electron chi connectivity index (χ1n) is 6.69. The number of benzene rings is 1. The molecule has 4 nitrogen and oxygen atoms in total. The smallest absolute Gasteiger partial charge is 0.255 e. The second kappa shape index (κ2) is 6.38. The summed E-state index contributed by atoms with van der Waals surface area (Å²) in [6, 6.07) is 7.56. The molecule has 0 spiro atoms. The molecule has 1 aliphatic carbocycles. The highest BCUT2D eigenvalue weighted by atomic mass is 16.5. The molecule has 1 aliphatic rings. The van der Waals surface area contributed by atoms with Gasteiger partial charge in [-0.25, -0.2) is 0 Å². The van der Waals surface area contributed by atoms with Crippen molar-refractivity contribution in [2.75, 3.05) is 7.05 Å². The highest BCUT2D eigenvalue weighted by molar-refractivity contribution is 5.82. The van der Waals surface area contributed by atoms with E-state index in [2.05, 4.69) is 10.7 Å². The molecule has 3 N–H and O–H groups in total. The maximum Gasteiger partial charge on any atom is 0.255 e. The molecule has 0 atom stereocenters. The van der Waals surface area contributed by atoms with E-state index in [4.69, 9.17) is 4.74 Å². The summed E-state index contributed by atoms with van der Waals surface area (Å²) in [5.41, 5.74) is 4.45. The minimum Gasteiger partial charge on any atom is -0.490 e. The lowest BCUT2D eigenvalue weighted by molar-refractivity contribution is 0.210. The second-order valence-corrected chi connectivity index (χ2v) is 4.58. The minimum atomic E-state index is -0.0464. The summed E-state index contributed by atoms with van der Waals surface area (Å²) in [5.74, 6) is 0.870. The number of fused-ring (bicyclic) bond motifs is 1. The van der Waals surface area contributed by atoms with Crippen molar-refractivity contribution in [3.63, 3.8) is 0 Å². The van der Waals surface area contributed by atoms with E-state index in [0.29, 0.717) is 11.5 Å². The monoisotopic (exact) mass is 260 g/mol.